The van der Waals surface area contributed by atoms with Gasteiger partial charge in [0.05, 0.1) is 0 Å². The van der Waals surface area contributed by atoms with Crippen molar-refractivity contribution in [1.29, 1.82) is 0 Å². The first-order valence-electron chi connectivity index (χ1n) is 4.10. The van der Waals surface area contributed by atoms with Gasteiger partial charge in [-0.15, -0.1) is 13.2 Å². The zero-order valence-corrected chi connectivity index (χ0v) is 12.2. The molecule has 62 valence electrons. The molecule has 0 amide bonds. The fourth-order valence-corrected chi connectivity index (χ4v) is 46.1. The summed E-state index contributed by atoms with van der Waals surface area (Å²) in [7, 11) is -1.27. The first-order valence-corrected chi connectivity index (χ1v) is 17.3. The van der Waals surface area contributed by atoms with E-state index < -0.39 is 7.59 Å². The second kappa shape index (κ2) is 3.81. The second-order valence-electron chi connectivity index (χ2n) is 3.26. The summed E-state index contributed by atoms with van der Waals surface area (Å²) in [6, 6.07) is 0. The summed E-state index contributed by atoms with van der Waals surface area (Å²) in [6.45, 7) is 10.4. The highest BCUT2D eigenvalue weighted by Gasteiger charge is 2.36. The van der Waals surface area contributed by atoms with Crippen molar-refractivity contribution in [3.8, 4) is 0 Å². The van der Waals surface area contributed by atoms with E-state index in [1.807, 2.05) is 0 Å². The summed E-state index contributed by atoms with van der Waals surface area (Å²) >= 11 is 0. The fourth-order valence-electron chi connectivity index (χ4n) is 1.52. The van der Waals surface area contributed by atoms with Gasteiger partial charge in [0.25, 0.3) is 0 Å². The van der Waals surface area contributed by atoms with Gasteiger partial charge in [-0.05, 0) is 0 Å². The summed E-state index contributed by atoms with van der Waals surface area (Å²) in [6.07, 6.45) is 1.05. The lowest BCUT2D eigenvalue weighted by atomic mass is 11.2. The molecule has 1 aliphatic rings. The van der Waals surface area contributed by atoms with E-state index in [2.05, 4.69) is 31.1 Å². The highest BCUT2D eigenvalue weighted by molar-refractivity contribution is 7.63. The Morgan fingerprint density at radius 2 is 2.18 bits per heavy atom. The van der Waals surface area contributed by atoms with Crippen LogP contribution in [0.25, 0.3) is 0 Å². The molecule has 1 heterocycles. The van der Waals surface area contributed by atoms with Crippen LogP contribution in [0.1, 0.15) is 0 Å². The van der Waals surface area contributed by atoms with Gasteiger partial charge in [-0.2, -0.15) is 0 Å². The summed E-state index contributed by atoms with van der Waals surface area (Å²) < 4.78 is 5.69. The van der Waals surface area contributed by atoms with Crippen LogP contribution in [0.15, 0.2) is 24.6 Å². The molecule has 1 aliphatic heterocycles. The van der Waals surface area contributed by atoms with Crippen molar-refractivity contribution in [1.82, 2.24) is 0 Å². The first kappa shape index (κ1) is 9.40. The minimum absolute atomic E-state index is 0.0134. The van der Waals surface area contributed by atoms with Crippen molar-refractivity contribution in [2.45, 2.75) is 6.55 Å². The molecule has 0 aromatic rings. The molecule has 1 unspecified atom stereocenters. The third kappa shape index (κ3) is 1.72. The van der Waals surface area contributed by atoms with Crippen molar-refractivity contribution in [2.75, 3.05) is 6.23 Å². The number of rotatable bonds is 2. The molecule has 0 N–H and O–H groups in total. The van der Waals surface area contributed by atoms with Crippen molar-refractivity contribution in [3.05, 3.63) is 24.6 Å². The third-order valence-corrected chi connectivity index (χ3v) is 44.9. The molecule has 1 saturated heterocycles. The molecule has 1 rings (SSSR count). The van der Waals surface area contributed by atoms with Crippen molar-refractivity contribution in [2.24, 2.45) is 0 Å². The van der Waals surface area contributed by atoms with Gasteiger partial charge in [0, 0.05) is 22.6 Å². The van der Waals surface area contributed by atoms with E-state index in [0.29, 0.717) is 0 Å². The first-order chi connectivity index (χ1) is 5.25. The molecule has 0 aromatic heterocycles. The smallest absolute Gasteiger partial charge is 0.140 e. The molecular formula is C6H16OSi4. The summed E-state index contributed by atoms with van der Waals surface area (Å²) in [5.41, 5.74) is 4.44. The lowest BCUT2D eigenvalue weighted by molar-refractivity contribution is 0.416. The van der Waals surface area contributed by atoms with Crippen LogP contribution in [-0.2, 0) is 4.43 Å². The molecule has 0 aliphatic carbocycles. The van der Waals surface area contributed by atoms with Gasteiger partial charge in [0.1, 0.15) is 16.9 Å². The Morgan fingerprint density at radius 1 is 1.55 bits per heavy atom. The minimum atomic E-state index is -1.19. The molecule has 0 bridgehead atoms. The largest absolute Gasteiger partial charge is 0.431 e. The van der Waals surface area contributed by atoms with Crippen molar-refractivity contribution in [3.63, 3.8) is 0 Å². The Hall–Kier alpha value is 0.308. The van der Waals surface area contributed by atoms with Crippen LogP contribution in [0.5, 0.6) is 0 Å². The Morgan fingerprint density at radius 3 is 2.55 bits per heavy atom. The fraction of sp³-hybridized carbons (Fsp3) is 0.333. The molecule has 0 radical (unpaired) electrons. The monoisotopic (exact) mass is 216 g/mol. The molecule has 1 nitrogen and oxygen atoms in total. The molecule has 1 atom stereocenters. The SMILES string of the molecule is C=C[Si]1(C=C)CO[SiH2][SiH2][SiH]1C. The second-order valence-corrected chi connectivity index (χ2v) is 30.2. The molecule has 1 fully saturated rings. The van der Waals surface area contributed by atoms with Gasteiger partial charge in [0.15, 0.2) is 0 Å². The van der Waals surface area contributed by atoms with Crippen LogP contribution in [0, 0.1) is 0 Å². The quantitative estimate of drug-likeness (QED) is 0.541. The normalized spacial score (nSPS) is 33.7. The van der Waals surface area contributed by atoms with Crippen molar-refractivity contribution < 1.29 is 4.43 Å². The van der Waals surface area contributed by atoms with Crippen LogP contribution in [0.4, 0.5) is 0 Å². The van der Waals surface area contributed by atoms with E-state index in [0.717, 1.165) is 6.23 Å². The van der Waals surface area contributed by atoms with Crippen LogP contribution in [-0.4, -0.2) is 39.5 Å². The van der Waals surface area contributed by atoms with Gasteiger partial charge in [0.2, 0.25) is 0 Å². The molecule has 0 aromatic carbocycles. The predicted molar refractivity (Wildman–Crippen MR) is 62.2 cm³/mol. The number of hydrogen-bond acceptors (Lipinski definition) is 1. The minimum Gasteiger partial charge on any atom is -0.431 e. The Bertz CT molecular complexity index is 162. The zero-order chi connectivity index (χ0) is 8.32. The van der Waals surface area contributed by atoms with Gasteiger partial charge in [-0.3, -0.25) is 0 Å². The maximum atomic E-state index is 5.69. The molecular weight excluding hydrogens is 200 g/mol. The van der Waals surface area contributed by atoms with E-state index in [4.69, 9.17) is 4.43 Å². The summed E-state index contributed by atoms with van der Waals surface area (Å²) in [4.78, 5) is 0. The lowest BCUT2D eigenvalue weighted by Crippen LogP contribution is -2.60. The zero-order valence-electron chi connectivity index (χ0n) is 7.18. The Kier molecular flexibility index (Phi) is 3.26. The summed E-state index contributed by atoms with van der Waals surface area (Å²) in [5, 5.41) is 0. The third-order valence-electron chi connectivity index (χ3n) is 2.72. The molecule has 0 saturated carbocycles. The average molecular weight is 217 g/mol. The van der Waals surface area contributed by atoms with Crippen LogP contribution in [0.2, 0.25) is 6.55 Å². The maximum absolute atomic E-state index is 5.69. The maximum Gasteiger partial charge on any atom is 0.140 e. The van der Waals surface area contributed by atoms with Gasteiger partial charge in [-0.25, -0.2) is 0 Å². The van der Waals surface area contributed by atoms with Gasteiger partial charge in [-0.1, -0.05) is 17.9 Å². The predicted octanol–water partition coefficient (Wildman–Crippen LogP) is -0.945. The molecule has 0 spiro atoms. The van der Waals surface area contributed by atoms with Crippen molar-refractivity contribution >= 4 is 33.3 Å². The van der Waals surface area contributed by atoms with E-state index >= 15 is 0 Å². The number of hydrogen-bond donors (Lipinski definition) is 0. The highest BCUT2D eigenvalue weighted by Crippen LogP contribution is 2.13. The molecule has 11 heavy (non-hydrogen) atoms. The Balaban J connectivity index is 2.77. The highest BCUT2D eigenvalue weighted by atomic mass is 29.8. The van der Waals surface area contributed by atoms with Gasteiger partial charge >= 0.3 is 0 Å². The van der Waals surface area contributed by atoms with Crippen LogP contribution < -0.4 is 0 Å². The Labute approximate surface area is 75.3 Å². The van der Waals surface area contributed by atoms with E-state index in [1.54, 1.807) is 0 Å². The van der Waals surface area contributed by atoms with E-state index in [1.165, 1.54) is 0 Å². The van der Waals surface area contributed by atoms with Crippen LogP contribution in [0.3, 0.4) is 0 Å². The van der Waals surface area contributed by atoms with Gasteiger partial charge < -0.3 is 4.43 Å². The van der Waals surface area contributed by atoms with E-state index in [9.17, 15) is 0 Å². The topological polar surface area (TPSA) is 9.23 Å². The summed E-state index contributed by atoms with van der Waals surface area (Å²) in [5.74, 6) is 0. The lowest BCUT2D eigenvalue weighted by Gasteiger charge is -2.34. The van der Waals surface area contributed by atoms with Crippen LogP contribution >= 0.6 is 0 Å². The average Bonchev–Trinajstić information content (AvgIpc) is 2.06. The standard InChI is InChI=1S/C6H16OSi4/c1-4-11(5-2)6-7-8-9-10(11)3/h4-5,10H,1-2,6,8-9H2,3H3. The van der Waals surface area contributed by atoms with E-state index in [-0.39, 0.29) is 25.7 Å². The molecule has 5 heteroatoms.